The second-order valence-corrected chi connectivity index (χ2v) is 10.5. The van der Waals surface area contributed by atoms with Gasteiger partial charge in [-0.3, -0.25) is 9.36 Å². The van der Waals surface area contributed by atoms with Gasteiger partial charge in [0, 0.05) is 39.8 Å². The van der Waals surface area contributed by atoms with Crippen LogP contribution in [0.1, 0.15) is 31.0 Å². The van der Waals surface area contributed by atoms with Crippen LogP contribution in [0.4, 0.5) is 16.2 Å². The molecule has 40 heavy (non-hydrogen) atoms. The van der Waals surface area contributed by atoms with E-state index in [-0.39, 0.29) is 17.9 Å². The molecule has 0 saturated carbocycles. The van der Waals surface area contributed by atoms with E-state index in [4.69, 9.17) is 5.11 Å². The highest BCUT2D eigenvalue weighted by Gasteiger charge is 2.22. The van der Waals surface area contributed by atoms with Gasteiger partial charge in [0.15, 0.2) is 0 Å². The summed E-state index contributed by atoms with van der Waals surface area (Å²) in [5, 5.41) is 16.4. The number of fused-ring (bicyclic) bond motifs is 1. The fourth-order valence-electron chi connectivity index (χ4n) is 4.41. The molecule has 0 fully saturated rings. The summed E-state index contributed by atoms with van der Waals surface area (Å²) >= 11 is 2.95. The van der Waals surface area contributed by atoms with Crippen LogP contribution in [0.2, 0.25) is 0 Å². The van der Waals surface area contributed by atoms with Crippen molar-refractivity contribution in [3.63, 3.8) is 0 Å². The molecule has 0 aliphatic carbocycles. The molecule has 0 atom stereocenters. The monoisotopic (exact) mass is 573 g/mol. The Kier molecular flexibility index (Phi) is 9.88. The number of unbranched alkanes of at least 4 members (excludes halogenated alkanes) is 1. The van der Waals surface area contributed by atoms with Gasteiger partial charge in [-0.05, 0) is 61.8 Å². The maximum atomic E-state index is 14.0. The zero-order valence-corrected chi connectivity index (χ0v) is 24.5. The van der Waals surface area contributed by atoms with Crippen LogP contribution in [0, 0.1) is 18.8 Å². The van der Waals surface area contributed by atoms with E-state index in [1.807, 2.05) is 61.9 Å². The van der Waals surface area contributed by atoms with Gasteiger partial charge in [-0.25, -0.2) is 14.8 Å². The molecule has 0 aliphatic heterocycles. The number of hydrogen-bond acceptors (Lipinski definition) is 7. The number of hydrogen-bond donors (Lipinski definition) is 3. The summed E-state index contributed by atoms with van der Waals surface area (Å²) in [5.74, 6) is 5.58. The summed E-state index contributed by atoms with van der Waals surface area (Å²) in [6.45, 7) is 4.18. The van der Waals surface area contributed by atoms with Crippen LogP contribution < -0.4 is 16.2 Å². The minimum absolute atomic E-state index is 0.151. The van der Waals surface area contributed by atoms with Gasteiger partial charge in [0.1, 0.15) is 23.0 Å². The zero-order chi connectivity index (χ0) is 28.6. The van der Waals surface area contributed by atoms with Crippen LogP contribution in [-0.2, 0) is 6.54 Å². The summed E-state index contributed by atoms with van der Waals surface area (Å²) in [4.78, 5) is 37.5. The average molecular weight is 574 g/mol. The van der Waals surface area contributed by atoms with Gasteiger partial charge >= 0.3 is 6.03 Å². The van der Waals surface area contributed by atoms with Gasteiger partial charge in [-0.1, -0.05) is 37.3 Å². The predicted molar refractivity (Wildman–Crippen MR) is 165 cm³/mol. The van der Waals surface area contributed by atoms with Crippen LogP contribution >= 0.6 is 23.5 Å². The molecule has 0 unspecified atom stereocenters. The van der Waals surface area contributed by atoms with E-state index >= 15 is 0 Å². The Hall–Kier alpha value is -3.78. The standard InChI is InChI=1S/C30H31N5O3S2/c1-5-6-15-35-27-22(13-8-14-31-27)24(21-12-7-10-20(18-21)11-9-16-36)26(29(35)37)34-30(38)33-25-23(39-3)17-19(2)32-28(25)40-4/h7-8,10,12-14,17-18,36H,5-6,15-16H2,1-4H3,(H2,33,34,38). The number of thioether (sulfide) groups is 2. The zero-order valence-electron chi connectivity index (χ0n) is 22.9. The number of aliphatic hydroxyl groups is 1. The number of urea groups is 1. The van der Waals surface area contributed by atoms with E-state index in [0.29, 0.717) is 39.6 Å². The first-order chi connectivity index (χ1) is 19.4. The normalized spacial score (nSPS) is 10.7. The van der Waals surface area contributed by atoms with Gasteiger partial charge in [-0.2, -0.15) is 0 Å². The Labute approximate surface area is 242 Å². The molecular formula is C30H31N5O3S2. The third-order valence-electron chi connectivity index (χ3n) is 6.19. The molecule has 1 aromatic carbocycles. The number of nitrogens with one attached hydrogen (secondary N) is 2. The Morgan fingerprint density at radius 1 is 1.10 bits per heavy atom. The van der Waals surface area contributed by atoms with Gasteiger partial charge in [0.2, 0.25) is 0 Å². The molecule has 8 nitrogen and oxygen atoms in total. The molecule has 3 N–H and O–H groups in total. The minimum Gasteiger partial charge on any atom is -0.384 e. The molecular weight excluding hydrogens is 542 g/mol. The van der Waals surface area contributed by atoms with Crippen molar-refractivity contribution in [2.45, 2.75) is 43.2 Å². The lowest BCUT2D eigenvalue weighted by Crippen LogP contribution is -2.30. The molecule has 2 amide bonds. The number of carbonyl (C=O) groups is 1. The molecule has 0 radical (unpaired) electrons. The lowest BCUT2D eigenvalue weighted by Gasteiger charge is -2.19. The van der Waals surface area contributed by atoms with Crippen LogP contribution in [0.3, 0.4) is 0 Å². The molecule has 3 heterocycles. The van der Waals surface area contributed by atoms with Crippen molar-refractivity contribution in [2.24, 2.45) is 0 Å². The third kappa shape index (κ3) is 6.33. The van der Waals surface area contributed by atoms with Crippen molar-refractivity contribution in [3.8, 4) is 23.0 Å². The summed E-state index contributed by atoms with van der Waals surface area (Å²) in [6.07, 6.45) is 7.19. The van der Waals surface area contributed by atoms with Crippen LogP contribution in [-0.4, -0.2) is 44.8 Å². The summed E-state index contributed by atoms with van der Waals surface area (Å²) in [5.41, 5.74) is 3.74. The molecule has 0 saturated heterocycles. The molecule has 0 spiro atoms. The lowest BCUT2D eigenvalue weighted by molar-refractivity contribution is 0.262. The number of amides is 2. The lowest BCUT2D eigenvalue weighted by atomic mass is 9.98. The fourth-order valence-corrected chi connectivity index (χ4v) is 5.72. The molecule has 206 valence electrons. The highest BCUT2D eigenvalue weighted by molar-refractivity contribution is 7.99. The van der Waals surface area contributed by atoms with Crippen LogP contribution in [0.5, 0.6) is 0 Å². The molecule has 0 aliphatic rings. The van der Waals surface area contributed by atoms with Crippen molar-refractivity contribution in [1.29, 1.82) is 0 Å². The maximum absolute atomic E-state index is 14.0. The van der Waals surface area contributed by atoms with E-state index < -0.39 is 6.03 Å². The molecule has 4 rings (SSSR count). The van der Waals surface area contributed by atoms with Gasteiger partial charge in [0.05, 0.1) is 5.69 Å². The van der Waals surface area contributed by atoms with E-state index in [2.05, 4.69) is 39.4 Å². The summed E-state index contributed by atoms with van der Waals surface area (Å²) < 4.78 is 1.63. The SMILES string of the molecule is CCCCn1c(=O)c(NC(=O)Nc2c(SC)cc(C)nc2SC)c(-c2cccc(C#CCO)c2)c2cccnc21. The van der Waals surface area contributed by atoms with E-state index in [0.717, 1.165) is 28.8 Å². The Balaban J connectivity index is 1.90. The maximum Gasteiger partial charge on any atom is 0.323 e. The number of pyridine rings is 3. The first kappa shape index (κ1) is 29.2. The first-order valence-electron chi connectivity index (χ1n) is 12.8. The number of aryl methyl sites for hydroxylation is 2. The van der Waals surface area contributed by atoms with Gasteiger partial charge in [0.25, 0.3) is 5.56 Å². The number of aromatic nitrogens is 3. The third-order valence-corrected chi connectivity index (χ3v) is 7.63. The highest BCUT2D eigenvalue weighted by Crippen LogP contribution is 2.35. The van der Waals surface area contributed by atoms with Crippen molar-refractivity contribution in [2.75, 3.05) is 29.8 Å². The molecule has 10 heteroatoms. The molecule has 4 aromatic rings. The Bertz CT molecular complexity index is 1650. The van der Waals surface area contributed by atoms with Gasteiger partial charge in [-0.15, -0.1) is 23.5 Å². The summed E-state index contributed by atoms with van der Waals surface area (Å²) in [6, 6.07) is 12.5. The largest absolute Gasteiger partial charge is 0.384 e. The number of benzene rings is 1. The number of carbonyl (C=O) groups excluding carboxylic acids is 1. The summed E-state index contributed by atoms with van der Waals surface area (Å²) in [7, 11) is 0. The predicted octanol–water partition coefficient (Wildman–Crippen LogP) is 6.00. The van der Waals surface area contributed by atoms with E-state index in [1.165, 1.54) is 23.5 Å². The topological polar surface area (TPSA) is 109 Å². The average Bonchev–Trinajstić information content (AvgIpc) is 2.96. The van der Waals surface area contributed by atoms with Crippen molar-refractivity contribution >= 4 is 52.0 Å². The van der Waals surface area contributed by atoms with Crippen molar-refractivity contribution in [1.82, 2.24) is 14.5 Å². The van der Waals surface area contributed by atoms with Crippen molar-refractivity contribution < 1.29 is 9.90 Å². The number of nitrogens with zero attached hydrogens (tertiary/aromatic N) is 3. The minimum atomic E-state index is -0.545. The second kappa shape index (κ2) is 13.5. The van der Waals surface area contributed by atoms with Crippen LogP contribution in [0.25, 0.3) is 22.2 Å². The Morgan fingerprint density at radius 3 is 2.62 bits per heavy atom. The first-order valence-corrected chi connectivity index (χ1v) is 15.3. The molecule has 3 aromatic heterocycles. The van der Waals surface area contributed by atoms with Gasteiger partial charge < -0.3 is 15.7 Å². The van der Waals surface area contributed by atoms with Crippen LogP contribution in [0.15, 0.2) is 63.4 Å². The Morgan fingerprint density at radius 2 is 1.90 bits per heavy atom. The number of rotatable bonds is 8. The smallest absolute Gasteiger partial charge is 0.323 e. The highest BCUT2D eigenvalue weighted by atomic mass is 32.2. The number of anilines is 2. The van der Waals surface area contributed by atoms with E-state index in [1.54, 1.807) is 10.8 Å². The van der Waals surface area contributed by atoms with Crippen molar-refractivity contribution in [3.05, 3.63) is 70.3 Å². The van der Waals surface area contributed by atoms with E-state index in [9.17, 15) is 9.59 Å². The molecule has 0 bridgehead atoms. The number of aliphatic hydroxyl groups excluding tert-OH is 1. The quantitative estimate of drug-likeness (QED) is 0.175. The fraction of sp³-hybridized carbons (Fsp3) is 0.267. The second-order valence-electron chi connectivity index (χ2n) is 8.90.